The van der Waals surface area contributed by atoms with Gasteiger partial charge in [0.2, 0.25) is 10.0 Å². The number of halogens is 1. The van der Waals surface area contributed by atoms with Crippen LogP contribution in [0.4, 0.5) is 5.69 Å². The van der Waals surface area contributed by atoms with Gasteiger partial charge < -0.3 is 0 Å². The van der Waals surface area contributed by atoms with Gasteiger partial charge in [-0.2, -0.15) is 9.78 Å². The standard InChI is InChI=1S/C17H15ClN4O4S/c1-27(25,26)20-14-3-2-4-15(9-14)22-17(24)21(16(23)10-19-22)11-12-5-7-13(18)8-6-12/h2-10,20H,11H2,1H3. The van der Waals surface area contributed by atoms with Crippen LogP contribution in [0.5, 0.6) is 0 Å². The summed E-state index contributed by atoms with van der Waals surface area (Å²) in [5.74, 6) is 0. The number of benzene rings is 2. The summed E-state index contributed by atoms with van der Waals surface area (Å²) < 4.78 is 27.2. The van der Waals surface area contributed by atoms with Crippen molar-refractivity contribution in [1.82, 2.24) is 14.3 Å². The van der Waals surface area contributed by atoms with Gasteiger partial charge in [0.15, 0.2) is 0 Å². The molecule has 10 heteroatoms. The number of nitrogens with one attached hydrogen (secondary N) is 1. The first-order valence-electron chi connectivity index (χ1n) is 7.75. The number of sulfonamides is 1. The van der Waals surface area contributed by atoms with Gasteiger partial charge in [0, 0.05) is 5.02 Å². The van der Waals surface area contributed by atoms with Crippen LogP contribution in [0, 0.1) is 0 Å². The minimum Gasteiger partial charge on any atom is -0.284 e. The first-order valence-corrected chi connectivity index (χ1v) is 10.0. The Bertz CT molecular complexity index is 1200. The van der Waals surface area contributed by atoms with E-state index in [1.165, 1.54) is 6.07 Å². The highest BCUT2D eigenvalue weighted by atomic mass is 35.5. The number of rotatable bonds is 5. The number of hydrogen-bond donors (Lipinski definition) is 1. The highest BCUT2D eigenvalue weighted by molar-refractivity contribution is 7.92. The molecule has 1 N–H and O–H groups in total. The molecule has 140 valence electrons. The van der Waals surface area contributed by atoms with Gasteiger partial charge in [0.05, 0.1) is 24.2 Å². The van der Waals surface area contributed by atoms with Crippen LogP contribution in [0.15, 0.2) is 64.3 Å². The second-order valence-electron chi connectivity index (χ2n) is 5.81. The largest absolute Gasteiger partial charge is 0.352 e. The number of anilines is 1. The highest BCUT2D eigenvalue weighted by Crippen LogP contribution is 2.14. The van der Waals surface area contributed by atoms with E-state index in [9.17, 15) is 18.0 Å². The molecule has 0 atom stereocenters. The Kier molecular flexibility index (Phi) is 5.15. The zero-order valence-corrected chi connectivity index (χ0v) is 15.7. The molecule has 0 saturated heterocycles. The molecule has 27 heavy (non-hydrogen) atoms. The second-order valence-corrected chi connectivity index (χ2v) is 8.00. The molecule has 0 spiro atoms. The average molecular weight is 407 g/mol. The third-order valence-electron chi connectivity index (χ3n) is 3.61. The van der Waals surface area contributed by atoms with Crippen molar-refractivity contribution in [3.63, 3.8) is 0 Å². The van der Waals surface area contributed by atoms with Crippen LogP contribution in [0.25, 0.3) is 5.69 Å². The summed E-state index contributed by atoms with van der Waals surface area (Å²) in [6.07, 6.45) is 2.06. The molecule has 0 aliphatic carbocycles. The van der Waals surface area contributed by atoms with Crippen molar-refractivity contribution < 1.29 is 8.42 Å². The van der Waals surface area contributed by atoms with Crippen LogP contribution < -0.4 is 16.0 Å². The van der Waals surface area contributed by atoms with E-state index < -0.39 is 21.3 Å². The molecule has 0 fully saturated rings. The SMILES string of the molecule is CS(=O)(=O)Nc1cccc(-n2ncc(=O)n(Cc3ccc(Cl)cc3)c2=O)c1. The fraction of sp³-hybridized carbons (Fsp3) is 0.118. The number of hydrogen-bond acceptors (Lipinski definition) is 5. The topological polar surface area (TPSA) is 103 Å². The highest BCUT2D eigenvalue weighted by Gasteiger charge is 2.10. The minimum atomic E-state index is -3.47. The predicted octanol–water partition coefficient (Wildman–Crippen LogP) is 1.47. The van der Waals surface area contributed by atoms with Gasteiger partial charge in [-0.25, -0.2) is 13.2 Å². The first kappa shape index (κ1) is 18.9. The quantitative estimate of drug-likeness (QED) is 0.691. The Labute approximate surface area is 159 Å². The second kappa shape index (κ2) is 7.37. The Morgan fingerprint density at radius 2 is 1.81 bits per heavy atom. The van der Waals surface area contributed by atoms with Crippen molar-refractivity contribution in [3.05, 3.63) is 86.2 Å². The maximum absolute atomic E-state index is 12.8. The van der Waals surface area contributed by atoms with E-state index in [1.807, 2.05) is 0 Å². The summed E-state index contributed by atoms with van der Waals surface area (Å²) in [6.45, 7) is 0.0542. The van der Waals surface area contributed by atoms with Gasteiger partial charge in [-0.3, -0.25) is 14.1 Å². The van der Waals surface area contributed by atoms with E-state index in [0.29, 0.717) is 10.7 Å². The summed E-state index contributed by atoms with van der Waals surface area (Å²) in [7, 11) is -3.47. The monoisotopic (exact) mass is 406 g/mol. The molecule has 8 nitrogen and oxygen atoms in total. The zero-order chi connectivity index (χ0) is 19.6. The van der Waals surface area contributed by atoms with Crippen molar-refractivity contribution in [2.75, 3.05) is 11.0 Å². The Hall–Kier alpha value is -2.91. The summed E-state index contributed by atoms with van der Waals surface area (Å²) in [4.78, 5) is 24.9. The van der Waals surface area contributed by atoms with Crippen LogP contribution >= 0.6 is 11.6 Å². The first-order chi connectivity index (χ1) is 12.7. The van der Waals surface area contributed by atoms with Crippen molar-refractivity contribution in [2.24, 2.45) is 0 Å². The van der Waals surface area contributed by atoms with E-state index in [2.05, 4.69) is 9.82 Å². The lowest BCUT2D eigenvalue weighted by Crippen LogP contribution is -2.40. The summed E-state index contributed by atoms with van der Waals surface area (Å²) in [5.41, 5.74) is 0.132. The lowest BCUT2D eigenvalue weighted by Gasteiger charge is -2.10. The predicted molar refractivity (Wildman–Crippen MR) is 103 cm³/mol. The molecule has 1 heterocycles. The number of nitrogens with zero attached hydrogens (tertiary/aromatic N) is 3. The molecule has 0 aliphatic rings. The lowest BCUT2D eigenvalue weighted by molar-refractivity contribution is 0.606. The molecule has 0 saturated carbocycles. The van der Waals surface area contributed by atoms with Crippen molar-refractivity contribution in [3.8, 4) is 5.69 Å². The zero-order valence-electron chi connectivity index (χ0n) is 14.2. The van der Waals surface area contributed by atoms with Crippen molar-refractivity contribution in [2.45, 2.75) is 6.54 Å². The third kappa shape index (κ3) is 4.63. The van der Waals surface area contributed by atoms with E-state index in [4.69, 9.17) is 11.6 Å². The molecule has 2 aromatic carbocycles. The van der Waals surface area contributed by atoms with Crippen LogP contribution in [0.3, 0.4) is 0 Å². The van der Waals surface area contributed by atoms with Crippen molar-refractivity contribution in [1.29, 1.82) is 0 Å². The van der Waals surface area contributed by atoms with E-state index in [1.54, 1.807) is 42.5 Å². The van der Waals surface area contributed by atoms with Gasteiger partial charge >= 0.3 is 5.69 Å². The molecule has 1 aromatic heterocycles. The number of aromatic nitrogens is 3. The fourth-order valence-corrected chi connectivity index (χ4v) is 3.13. The molecule has 0 aliphatic heterocycles. The van der Waals surface area contributed by atoms with Gasteiger partial charge in [0.1, 0.15) is 6.20 Å². The molecule has 3 aromatic rings. The van der Waals surface area contributed by atoms with E-state index >= 15 is 0 Å². The third-order valence-corrected chi connectivity index (χ3v) is 4.47. The van der Waals surface area contributed by atoms with Crippen LogP contribution in [0.2, 0.25) is 5.02 Å². The van der Waals surface area contributed by atoms with Gasteiger partial charge in [0.25, 0.3) is 5.56 Å². The smallest absolute Gasteiger partial charge is 0.284 e. The van der Waals surface area contributed by atoms with E-state index in [0.717, 1.165) is 27.3 Å². The normalized spacial score (nSPS) is 11.3. The van der Waals surface area contributed by atoms with Crippen LogP contribution in [-0.4, -0.2) is 29.0 Å². The molecular weight excluding hydrogens is 392 g/mol. The summed E-state index contributed by atoms with van der Waals surface area (Å²) in [6, 6.07) is 12.9. The van der Waals surface area contributed by atoms with Gasteiger partial charge in [-0.15, -0.1) is 0 Å². The maximum Gasteiger partial charge on any atom is 0.352 e. The lowest BCUT2D eigenvalue weighted by atomic mass is 10.2. The van der Waals surface area contributed by atoms with E-state index in [-0.39, 0.29) is 12.2 Å². The van der Waals surface area contributed by atoms with Crippen LogP contribution in [0.1, 0.15) is 5.56 Å². The Morgan fingerprint density at radius 1 is 1.11 bits per heavy atom. The molecule has 3 rings (SSSR count). The Morgan fingerprint density at radius 3 is 2.48 bits per heavy atom. The molecule has 0 unspecified atom stereocenters. The summed E-state index contributed by atoms with van der Waals surface area (Å²) >= 11 is 5.85. The molecule has 0 radical (unpaired) electrons. The Balaban J connectivity index is 2.03. The fourth-order valence-electron chi connectivity index (χ4n) is 2.45. The molecule has 0 bridgehead atoms. The van der Waals surface area contributed by atoms with Gasteiger partial charge in [-0.1, -0.05) is 29.8 Å². The molecular formula is C17H15ClN4O4S. The maximum atomic E-state index is 12.8. The molecule has 0 amide bonds. The minimum absolute atomic E-state index is 0.0542. The van der Waals surface area contributed by atoms with Crippen LogP contribution in [-0.2, 0) is 16.6 Å². The summed E-state index contributed by atoms with van der Waals surface area (Å²) in [5, 5.41) is 4.42. The van der Waals surface area contributed by atoms with Gasteiger partial charge in [-0.05, 0) is 35.9 Å². The average Bonchev–Trinajstić information content (AvgIpc) is 2.59. The van der Waals surface area contributed by atoms with Crippen molar-refractivity contribution >= 4 is 27.3 Å².